The number of aliphatic hydroxyl groups excluding tert-OH is 1. The van der Waals surface area contributed by atoms with Gasteiger partial charge in [0.1, 0.15) is 0 Å². The van der Waals surface area contributed by atoms with E-state index >= 15 is 0 Å². The maximum atomic E-state index is 10.6. The summed E-state index contributed by atoms with van der Waals surface area (Å²) in [5.41, 5.74) is -0.305. The van der Waals surface area contributed by atoms with Gasteiger partial charge in [-0.15, -0.1) is 0 Å². The van der Waals surface area contributed by atoms with E-state index in [2.05, 4.69) is 0 Å². The second-order valence-corrected chi connectivity index (χ2v) is 3.78. The van der Waals surface area contributed by atoms with E-state index in [9.17, 15) is 9.90 Å². The summed E-state index contributed by atoms with van der Waals surface area (Å²) in [5, 5.41) is 18.1. The molecule has 1 aliphatic carbocycles. The first kappa shape index (κ1) is 9.52. The standard InChI is InChI=1S/C9H16O3/c1-3-6(2)9(4-5-9)7(10)8(11)12/h6-7,10H,3-5H2,1-2H3,(H,11,12). The number of aliphatic carboxylic acids is 1. The lowest BCUT2D eigenvalue weighted by atomic mass is 9.83. The molecular weight excluding hydrogens is 156 g/mol. The van der Waals surface area contributed by atoms with Gasteiger partial charge in [0.25, 0.3) is 0 Å². The summed E-state index contributed by atoms with van der Waals surface area (Å²) in [5.74, 6) is -0.767. The Morgan fingerprint density at radius 1 is 1.58 bits per heavy atom. The Morgan fingerprint density at radius 3 is 2.33 bits per heavy atom. The molecule has 0 spiro atoms. The molecule has 0 aromatic carbocycles. The average molecular weight is 172 g/mol. The fourth-order valence-corrected chi connectivity index (χ4v) is 1.83. The highest BCUT2D eigenvalue weighted by Gasteiger charge is 2.54. The van der Waals surface area contributed by atoms with Crippen LogP contribution in [0.15, 0.2) is 0 Å². The van der Waals surface area contributed by atoms with Crippen molar-refractivity contribution in [3.05, 3.63) is 0 Å². The molecule has 3 nitrogen and oxygen atoms in total. The molecule has 0 heterocycles. The van der Waals surface area contributed by atoms with Crippen LogP contribution in [0.2, 0.25) is 0 Å². The summed E-state index contributed by atoms with van der Waals surface area (Å²) in [4.78, 5) is 10.6. The van der Waals surface area contributed by atoms with Crippen LogP contribution in [-0.2, 0) is 4.79 Å². The van der Waals surface area contributed by atoms with Crippen LogP contribution in [0.5, 0.6) is 0 Å². The number of carbonyl (C=O) groups is 1. The Kier molecular flexibility index (Phi) is 2.42. The predicted molar refractivity (Wildman–Crippen MR) is 44.8 cm³/mol. The third kappa shape index (κ3) is 1.33. The van der Waals surface area contributed by atoms with E-state index in [0.717, 1.165) is 19.3 Å². The van der Waals surface area contributed by atoms with Crippen molar-refractivity contribution < 1.29 is 15.0 Å². The molecule has 0 saturated heterocycles. The zero-order valence-corrected chi connectivity index (χ0v) is 7.58. The van der Waals surface area contributed by atoms with Crippen molar-refractivity contribution in [1.82, 2.24) is 0 Å². The molecule has 0 aromatic heterocycles. The van der Waals surface area contributed by atoms with E-state index in [-0.39, 0.29) is 5.41 Å². The lowest BCUT2D eigenvalue weighted by molar-refractivity contribution is -0.152. The Labute approximate surface area is 72.4 Å². The topological polar surface area (TPSA) is 57.5 Å². The number of aliphatic hydroxyl groups is 1. The van der Waals surface area contributed by atoms with E-state index in [1.807, 2.05) is 13.8 Å². The molecule has 3 heteroatoms. The van der Waals surface area contributed by atoms with Gasteiger partial charge in [-0.05, 0) is 18.8 Å². The maximum Gasteiger partial charge on any atom is 0.333 e. The van der Waals surface area contributed by atoms with Gasteiger partial charge in [0, 0.05) is 5.41 Å². The molecule has 1 fully saturated rings. The Bertz CT molecular complexity index is 184. The number of carboxylic acids is 1. The average Bonchev–Trinajstić information content (AvgIpc) is 2.82. The highest BCUT2D eigenvalue weighted by Crippen LogP contribution is 2.55. The van der Waals surface area contributed by atoms with Crippen LogP contribution in [0.1, 0.15) is 33.1 Å². The van der Waals surface area contributed by atoms with Gasteiger partial charge in [0.15, 0.2) is 6.10 Å². The van der Waals surface area contributed by atoms with Gasteiger partial charge >= 0.3 is 5.97 Å². The number of rotatable bonds is 4. The molecule has 0 bridgehead atoms. The van der Waals surface area contributed by atoms with E-state index in [1.54, 1.807) is 0 Å². The number of hydrogen-bond donors (Lipinski definition) is 2. The van der Waals surface area contributed by atoms with Crippen LogP contribution in [0, 0.1) is 11.3 Å². The number of hydrogen-bond acceptors (Lipinski definition) is 2. The number of carboxylic acid groups (broad SMARTS) is 1. The molecule has 70 valence electrons. The van der Waals surface area contributed by atoms with Crippen molar-refractivity contribution in [2.24, 2.45) is 11.3 Å². The highest BCUT2D eigenvalue weighted by molar-refractivity contribution is 5.73. The first-order chi connectivity index (χ1) is 5.54. The maximum absolute atomic E-state index is 10.6. The summed E-state index contributed by atoms with van der Waals surface area (Å²) < 4.78 is 0. The van der Waals surface area contributed by atoms with Crippen LogP contribution in [-0.4, -0.2) is 22.3 Å². The minimum Gasteiger partial charge on any atom is -0.479 e. The molecule has 2 atom stereocenters. The third-order valence-corrected chi connectivity index (χ3v) is 3.20. The Balaban J connectivity index is 2.65. The Morgan fingerprint density at radius 2 is 2.08 bits per heavy atom. The zero-order valence-electron chi connectivity index (χ0n) is 7.58. The van der Waals surface area contributed by atoms with Crippen LogP contribution in [0.4, 0.5) is 0 Å². The van der Waals surface area contributed by atoms with E-state index < -0.39 is 12.1 Å². The second kappa shape index (κ2) is 3.05. The lowest BCUT2D eigenvalue weighted by Crippen LogP contribution is -2.35. The predicted octanol–water partition coefficient (Wildman–Crippen LogP) is 1.26. The van der Waals surface area contributed by atoms with Crippen LogP contribution >= 0.6 is 0 Å². The molecule has 1 aliphatic rings. The summed E-state index contributed by atoms with van der Waals surface area (Å²) in [7, 11) is 0. The molecule has 0 radical (unpaired) electrons. The van der Waals surface area contributed by atoms with Gasteiger partial charge in [-0.25, -0.2) is 4.79 Å². The van der Waals surface area contributed by atoms with Crippen LogP contribution in [0.25, 0.3) is 0 Å². The van der Waals surface area contributed by atoms with Gasteiger partial charge in [0.05, 0.1) is 0 Å². The highest BCUT2D eigenvalue weighted by atomic mass is 16.4. The minimum atomic E-state index is -1.16. The smallest absolute Gasteiger partial charge is 0.333 e. The van der Waals surface area contributed by atoms with E-state index in [4.69, 9.17) is 5.11 Å². The van der Waals surface area contributed by atoms with Gasteiger partial charge in [-0.1, -0.05) is 20.3 Å². The van der Waals surface area contributed by atoms with E-state index in [1.165, 1.54) is 0 Å². The lowest BCUT2D eigenvalue weighted by Gasteiger charge is -2.24. The van der Waals surface area contributed by atoms with Crippen molar-refractivity contribution in [1.29, 1.82) is 0 Å². The fourth-order valence-electron chi connectivity index (χ4n) is 1.83. The first-order valence-electron chi connectivity index (χ1n) is 4.45. The fraction of sp³-hybridized carbons (Fsp3) is 0.889. The summed E-state index contributed by atoms with van der Waals surface area (Å²) in [6.45, 7) is 4.04. The Hall–Kier alpha value is -0.570. The van der Waals surface area contributed by atoms with Crippen molar-refractivity contribution in [2.75, 3.05) is 0 Å². The first-order valence-corrected chi connectivity index (χ1v) is 4.45. The molecule has 0 aromatic rings. The summed E-state index contributed by atoms with van der Waals surface area (Å²) >= 11 is 0. The summed E-state index contributed by atoms with van der Waals surface area (Å²) in [6.07, 6.45) is 1.49. The molecular formula is C9H16O3. The molecule has 0 aliphatic heterocycles. The molecule has 12 heavy (non-hydrogen) atoms. The normalized spacial score (nSPS) is 24.6. The van der Waals surface area contributed by atoms with Gasteiger partial charge in [-0.2, -0.15) is 0 Å². The van der Waals surface area contributed by atoms with Crippen molar-refractivity contribution in [3.8, 4) is 0 Å². The van der Waals surface area contributed by atoms with Gasteiger partial charge < -0.3 is 10.2 Å². The van der Waals surface area contributed by atoms with Gasteiger partial charge in [-0.3, -0.25) is 0 Å². The third-order valence-electron chi connectivity index (χ3n) is 3.20. The molecule has 1 rings (SSSR count). The van der Waals surface area contributed by atoms with Crippen molar-refractivity contribution in [3.63, 3.8) is 0 Å². The van der Waals surface area contributed by atoms with Crippen molar-refractivity contribution in [2.45, 2.75) is 39.2 Å². The zero-order chi connectivity index (χ0) is 9.35. The summed E-state index contributed by atoms with van der Waals surface area (Å²) in [6, 6.07) is 0. The molecule has 1 saturated carbocycles. The van der Waals surface area contributed by atoms with Gasteiger partial charge in [0.2, 0.25) is 0 Å². The molecule has 2 N–H and O–H groups in total. The molecule has 0 amide bonds. The second-order valence-electron chi connectivity index (χ2n) is 3.78. The SMILES string of the molecule is CCC(C)C1(C(O)C(=O)O)CC1. The quantitative estimate of drug-likeness (QED) is 0.671. The van der Waals surface area contributed by atoms with Crippen LogP contribution in [0.3, 0.4) is 0 Å². The van der Waals surface area contributed by atoms with Crippen molar-refractivity contribution >= 4 is 5.97 Å². The van der Waals surface area contributed by atoms with Crippen LogP contribution < -0.4 is 0 Å². The minimum absolute atomic E-state index is 0.305. The largest absolute Gasteiger partial charge is 0.479 e. The van der Waals surface area contributed by atoms with E-state index in [0.29, 0.717) is 5.92 Å². The molecule has 2 unspecified atom stereocenters. The monoisotopic (exact) mass is 172 g/mol.